The third kappa shape index (κ3) is 4.17. The molecule has 3 aliphatic rings. The average Bonchev–Trinajstić information content (AvgIpc) is 3.53. The first-order valence-corrected chi connectivity index (χ1v) is 13.4. The zero-order valence-electron chi connectivity index (χ0n) is 19.1. The number of nitrogens with one attached hydrogen (secondary N) is 2. The van der Waals surface area contributed by atoms with Crippen LogP contribution in [-0.4, -0.2) is 27.2 Å². The Morgan fingerprint density at radius 1 is 0.886 bits per heavy atom. The third-order valence-electron chi connectivity index (χ3n) is 7.16. The highest BCUT2D eigenvalue weighted by atomic mass is 32.2. The van der Waals surface area contributed by atoms with E-state index in [-0.39, 0.29) is 23.6 Å². The molecule has 8 heteroatoms. The summed E-state index contributed by atoms with van der Waals surface area (Å²) in [6.45, 7) is 0.203. The van der Waals surface area contributed by atoms with Gasteiger partial charge in [-0.1, -0.05) is 36.8 Å². The largest absolute Gasteiger partial charge is 0.454 e. The molecule has 35 heavy (non-hydrogen) atoms. The fourth-order valence-electron chi connectivity index (χ4n) is 4.63. The van der Waals surface area contributed by atoms with Gasteiger partial charge in [0.1, 0.15) is 0 Å². The number of carbonyl (C=O) groups is 1. The topological polar surface area (TPSA) is 93.7 Å². The number of amides is 1. The van der Waals surface area contributed by atoms with Gasteiger partial charge in [0.25, 0.3) is 0 Å². The summed E-state index contributed by atoms with van der Waals surface area (Å²) < 4.78 is 38.8. The number of fused-ring (bicyclic) bond motifs is 1. The van der Waals surface area contributed by atoms with Crippen LogP contribution in [0.15, 0.2) is 71.6 Å². The van der Waals surface area contributed by atoms with Gasteiger partial charge in [-0.05, 0) is 78.8 Å². The Morgan fingerprint density at radius 2 is 1.66 bits per heavy atom. The predicted octanol–water partition coefficient (Wildman–Crippen LogP) is 4.58. The van der Waals surface area contributed by atoms with Crippen molar-refractivity contribution in [1.82, 2.24) is 4.72 Å². The summed E-state index contributed by atoms with van der Waals surface area (Å²) in [7, 11) is -3.51. The van der Waals surface area contributed by atoms with Crippen LogP contribution in [-0.2, 0) is 20.2 Å². The van der Waals surface area contributed by atoms with Gasteiger partial charge in [0.2, 0.25) is 22.7 Å². The second kappa shape index (κ2) is 8.39. The molecule has 2 N–H and O–H groups in total. The molecule has 2 saturated carbocycles. The Labute approximate surface area is 204 Å². The Balaban J connectivity index is 1.18. The molecular weight excluding hydrogens is 464 g/mol. The summed E-state index contributed by atoms with van der Waals surface area (Å²) in [5, 5.41) is 3.07. The zero-order valence-corrected chi connectivity index (χ0v) is 19.9. The average molecular weight is 491 g/mol. The SMILES string of the molecule is O=C(Nc1cccc(-c2ccc(S(=O)(=O)NC3CCC3)cc2)c1)C1(c2ccc3c(c2)OCO3)CC1. The van der Waals surface area contributed by atoms with Gasteiger partial charge in [-0.15, -0.1) is 0 Å². The van der Waals surface area contributed by atoms with Crippen molar-refractivity contribution in [2.24, 2.45) is 0 Å². The number of ether oxygens (including phenoxy) is 2. The molecule has 1 amide bonds. The van der Waals surface area contributed by atoms with Gasteiger partial charge in [0.15, 0.2) is 11.5 Å². The lowest BCUT2D eigenvalue weighted by molar-refractivity contribution is -0.118. The fourth-order valence-corrected chi connectivity index (χ4v) is 5.94. The Kier molecular flexibility index (Phi) is 5.30. The Bertz CT molecular complexity index is 1390. The molecule has 3 aromatic rings. The number of hydrogen-bond acceptors (Lipinski definition) is 5. The lowest BCUT2D eigenvalue weighted by atomic mass is 9.94. The summed E-state index contributed by atoms with van der Waals surface area (Å²) in [5.41, 5.74) is 2.85. The zero-order chi connectivity index (χ0) is 24.0. The van der Waals surface area contributed by atoms with E-state index in [0.29, 0.717) is 17.2 Å². The first-order chi connectivity index (χ1) is 16.9. The lowest BCUT2D eigenvalue weighted by Crippen LogP contribution is -2.39. The summed E-state index contributed by atoms with van der Waals surface area (Å²) in [5.74, 6) is 1.34. The highest BCUT2D eigenvalue weighted by molar-refractivity contribution is 7.89. The molecule has 0 unspecified atom stereocenters. The molecule has 0 radical (unpaired) electrons. The van der Waals surface area contributed by atoms with Crippen molar-refractivity contribution in [2.45, 2.75) is 48.5 Å². The molecular formula is C27H26N2O5S. The molecule has 0 spiro atoms. The van der Waals surface area contributed by atoms with E-state index in [2.05, 4.69) is 10.0 Å². The van der Waals surface area contributed by atoms with Crippen LogP contribution in [0.2, 0.25) is 0 Å². The third-order valence-corrected chi connectivity index (χ3v) is 8.69. The van der Waals surface area contributed by atoms with E-state index < -0.39 is 15.4 Å². The maximum atomic E-state index is 13.3. The second-order valence-corrected chi connectivity index (χ2v) is 11.2. The van der Waals surface area contributed by atoms with Crippen LogP contribution in [0, 0.1) is 0 Å². The smallest absolute Gasteiger partial charge is 0.240 e. The molecule has 0 aromatic heterocycles. The van der Waals surface area contributed by atoms with Gasteiger partial charge in [-0.25, -0.2) is 13.1 Å². The van der Waals surface area contributed by atoms with Crippen LogP contribution in [0.3, 0.4) is 0 Å². The van der Waals surface area contributed by atoms with Crippen molar-refractivity contribution in [3.05, 3.63) is 72.3 Å². The highest BCUT2D eigenvalue weighted by Gasteiger charge is 2.51. The minimum Gasteiger partial charge on any atom is -0.454 e. The van der Waals surface area contributed by atoms with Crippen LogP contribution in [0.25, 0.3) is 11.1 Å². The summed E-state index contributed by atoms with van der Waals surface area (Å²) >= 11 is 0. The van der Waals surface area contributed by atoms with E-state index in [1.807, 2.05) is 42.5 Å². The minimum absolute atomic E-state index is 0.0444. The van der Waals surface area contributed by atoms with Crippen LogP contribution < -0.4 is 19.5 Å². The molecule has 180 valence electrons. The molecule has 0 atom stereocenters. The van der Waals surface area contributed by atoms with E-state index in [0.717, 1.165) is 48.8 Å². The highest BCUT2D eigenvalue weighted by Crippen LogP contribution is 2.51. The molecule has 2 fully saturated rings. The van der Waals surface area contributed by atoms with Crippen molar-refractivity contribution in [1.29, 1.82) is 0 Å². The van der Waals surface area contributed by atoms with Crippen LogP contribution in [0.4, 0.5) is 5.69 Å². The number of benzene rings is 3. The summed E-state index contributed by atoms with van der Waals surface area (Å²) in [4.78, 5) is 13.5. The van der Waals surface area contributed by atoms with Gasteiger partial charge < -0.3 is 14.8 Å². The number of carbonyl (C=O) groups excluding carboxylic acids is 1. The van der Waals surface area contributed by atoms with Crippen LogP contribution in [0.5, 0.6) is 11.5 Å². The minimum atomic E-state index is -3.51. The molecule has 3 aromatic carbocycles. The number of hydrogen-bond donors (Lipinski definition) is 2. The van der Waals surface area contributed by atoms with Gasteiger partial charge in [-0.2, -0.15) is 0 Å². The van der Waals surface area contributed by atoms with Gasteiger partial charge in [-0.3, -0.25) is 4.79 Å². The standard InChI is InChI=1S/C27H26N2O5S/c30-26(27(13-14-27)20-9-12-24-25(16-20)34-17-33-24)28-22-6-1-3-19(15-22)18-7-10-23(11-8-18)35(31,32)29-21-4-2-5-21/h1,3,6-12,15-16,21,29H,2,4-5,13-14,17H2,(H,28,30). The van der Waals surface area contributed by atoms with Gasteiger partial charge >= 0.3 is 0 Å². The fraction of sp³-hybridized carbons (Fsp3) is 0.296. The van der Waals surface area contributed by atoms with E-state index in [4.69, 9.17) is 9.47 Å². The van der Waals surface area contributed by atoms with Gasteiger partial charge in [0, 0.05) is 11.7 Å². The molecule has 1 aliphatic heterocycles. The molecule has 7 nitrogen and oxygen atoms in total. The van der Waals surface area contributed by atoms with Crippen molar-refractivity contribution in [3.8, 4) is 22.6 Å². The number of rotatable bonds is 7. The Morgan fingerprint density at radius 3 is 2.37 bits per heavy atom. The van der Waals surface area contributed by atoms with E-state index >= 15 is 0 Å². The lowest BCUT2D eigenvalue weighted by Gasteiger charge is -2.26. The monoisotopic (exact) mass is 490 g/mol. The molecule has 2 aliphatic carbocycles. The second-order valence-electron chi connectivity index (χ2n) is 9.46. The normalized spacial score (nSPS) is 18.1. The van der Waals surface area contributed by atoms with Crippen molar-refractivity contribution in [2.75, 3.05) is 12.1 Å². The van der Waals surface area contributed by atoms with Crippen molar-refractivity contribution < 1.29 is 22.7 Å². The number of anilines is 1. The molecule has 1 heterocycles. The van der Waals surface area contributed by atoms with E-state index in [1.165, 1.54) is 0 Å². The molecule has 0 bridgehead atoms. The van der Waals surface area contributed by atoms with E-state index in [9.17, 15) is 13.2 Å². The molecule has 6 rings (SSSR count). The van der Waals surface area contributed by atoms with Crippen molar-refractivity contribution >= 4 is 21.6 Å². The van der Waals surface area contributed by atoms with E-state index in [1.54, 1.807) is 24.3 Å². The quantitative estimate of drug-likeness (QED) is 0.506. The molecule has 0 saturated heterocycles. The van der Waals surface area contributed by atoms with Crippen molar-refractivity contribution in [3.63, 3.8) is 0 Å². The predicted molar refractivity (Wildman–Crippen MR) is 132 cm³/mol. The number of sulfonamides is 1. The maximum absolute atomic E-state index is 13.3. The summed E-state index contributed by atoms with van der Waals surface area (Å²) in [6, 6.07) is 20.2. The first kappa shape index (κ1) is 22.1. The van der Waals surface area contributed by atoms with Crippen LogP contribution in [0.1, 0.15) is 37.7 Å². The maximum Gasteiger partial charge on any atom is 0.240 e. The van der Waals surface area contributed by atoms with Gasteiger partial charge in [0.05, 0.1) is 10.3 Å². The Hall–Kier alpha value is -3.36. The van der Waals surface area contributed by atoms with Crippen LogP contribution >= 0.6 is 0 Å². The first-order valence-electron chi connectivity index (χ1n) is 11.9. The summed E-state index contributed by atoms with van der Waals surface area (Å²) in [6.07, 6.45) is 4.42.